The lowest BCUT2D eigenvalue weighted by Crippen LogP contribution is -1.86. The maximum Gasteiger partial charge on any atom is 0.292 e. The molecule has 0 saturated carbocycles. The van der Waals surface area contributed by atoms with Gasteiger partial charge in [0.25, 0.3) is 5.76 Å². The molecule has 0 aromatic carbocycles. The molecule has 0 aliphatic carbocycles. The second-order valence-corrected chi connectivity index (χ2v) is 1.18. The van der Waals surface area contributed by atoms with Crippen LogP contribution in [0.1, 0.15) is 0 Å². The largest absolute Gasteiger partial charge is 0.374 e. The van der Waals surface area contributed by atoms with Crippen LogP contribution in [-0.2, 0) is 4.74 Å². The number of hydrogen-bond donors (Lipinski definition) is 1. The van der Waals surface area contributed by atoms with E-state index in [0.29, 0.717) is 5.76 Å². The average Bonchev–Trinajstić information content (AvgIpc) is 2.14. The SMILES string of the molecule is OCC1=CC=[C+]O1. The van der Waals surface area contributed by atoms with Crippen molar-refractivity contribution in [3.8, 4) is 0 Å². The van der Waals surface area contributed by atoms with Gasteiger partial charge in [0.1, 0.15) is 6.08 Å². The zero-order chi connectivity index (χ0) is 5.11. The van der Waals surface area contributed by atoms with Crippen molar-refractivity contribution in [3.63, 3.8) is 0 Å². The van der Waals surface area contributed by atoms with Gasteiger partial charge in [-0.2, -0.15) is 0 Å². The van der Waals surface area contributed by atoms with Crippen molar-refractivity contribution in [2.45, 2.75) is 0 Å². The van der Waals surface area contributed by atoms with Crippen LogP contribution in [0.5, 0.6) is 0 Å². The minimum absolute atomic E-state index is 0.0382. The van der Waals surface area contributed by atoms with E-state index in [-0.39, 0.29) is 6.61 Å². The molecule has 7 heavy (non-hydrogen) atoms. The highest BCUT2D eigenvalue weighted by molar-refractivity contribution is 5.09. The molecule has 0 unspecified atom stereocenters. The molecular formula is C5H5O2+. The van der Waals surface area contributed by atoms with Crippen molar-refractivity contribution in [2.75, 3.05) is 6.61 Å². The Balaban J connectivity index is 2.45. The molecule has 2 heteroatoms. The number of hydrogen-bond acceptors (Lipinski definition) is 2. The van der Waals surface area contributed by atoms with Crippen molar-refractivity contribution in [2.24, 2.45) is 0 Å². The van der Waals surface area contributed by atoms with Gasteiger partial charge in [0.05, 0.1) is 0 Å². The van der Waals surface area contributed by atoms with Gasteiger partial charge in [-0.25, -0.2) is 0 Å². The molecule has 0 spiro atoms. The first-order valence-electron chi connectivity index (χ1n) is 1.99. The van der Waals surface area contributed by atoms with Gasteiger partial charge in [-0.05, 0) is 0 Å². The summed E-state index contributed by atoms with van der Waals surface area (Å²) in [6.45, 7) is -0.0382. The smallest absolute Gasteiger partial charge is 0.292 e. The van der Waals surface area contributed by atoms with Crippen molar-refractivity contribution >= 4 is 0 Å². The van der Waals surface area contributed by atoms with E-state index in [1.165, 1.54) is 0 Å². The highest BCUT2D eigenvalue weighted by Crippen LogP contribution is 2.02. The van der Waals surface area contributed by atoms with E-state index in [2.05, 4.69) is 11.0 Å². The molecule has 0 aromatic heterocycles. The Hall–Kier alpha value is -0.850. The summed E-state index contributed by atoms with van der Waals surface area (Å²) in [6.07, 6.45) is 5.73. The number of ether oxygens (including phenoxy) is 1. The fraction of sp³-hybridized carbons (Fsp3) is 0.200. The number of allylic oxidation sites excluding steroid dienone is 2. The summed E-state index contributed by atoms with van der Waals surface area (Å²) in [5, 5.41) is 8.31. The van der Waals surface area contributed by atoms with Crippen LogP contribution in [0.25, 0.3) is 0 Å². The maximum atomic E-state index is 8.31. The van der Waals surface area contributed by atoms with Crippen LogP contribution in [0.3, 0.4) is 0 Å². The number of aliphatic hydroxyl groups is 1. The van der Waals surface area contributed by atoms with Gasteiger partial charge in [0, 0.05) is 0 Å². The van der Waals surface area contributed by atoms with Gasteiger partial charge in [0.15, 0.2) is 12.7 Å². The summed E-state index contributed by atoms with van der Waals surface area (Å²) < 4.78 is 4.61. The van der Waals surface area contributed by atoms with E-state index < -0.39 is 0 Å². The van der Waals surface area contributed by atoms with Crippen LogP contribution in [0, 0.1) is 6.26 Å². The standard InChI is InChI=1S/C5H5O2/c6-4-5-2-1-3-7-5/h1-2,6H,4H2/q+1. The molecule has 1 N–H and O–H groups in total. The van der Waals surface area contributed by atoms with Gasteiger partial charge >= 0.3 is 0 Å². The first kappa shape index (κ1) is 4.31. The third-order valence-electron chi connectivity index (χ3n) is 0.683. The van der Waals surface area contributed by atoms with E-state index in [1.54, 1.807) is 12.2 Å². The molecule has 0 aromatic rings. The van der Waals surface area contributed by atoms with E-state index >= 15 is 0 Å². The lowest BCUT2D eigenvalue weighted by Gasteiger charge is -1.78. The molecule has 1 aliphatic heterocycles. The van der Waals surface area contributed by atoms with Crippen molar-refractivity contribution in [3.05, 3.63) is 24.2 Å². The molecule has 36 valence electrons. The summed E-state index contributed by atoms with van der Waals surface area (Å²) in [5.74, 6) is 0.556. The van der Waals surface area contributed by atoms with Gasteiger partial charge in [-0.3, -0.25) is 4.74 Å². The number of aliphatic hydroxyl groups excluding tert-OH is 1. The average molecular weight is 97.1 g/mol. The molecule has 1 rings (SSSR count). The molecule has 0 fully saturated rings. The highest BCUT2D eigenvalue weighted by atomic mass is 16.5. The highest BCUT2D eigenvalue weighted by Gasteiger charge is 2.08. The molecule has 1 heterocycles. The zero-order valence-electron chi connectivity index (χ0n) is 3.72. The maximum absolute atomic E-state index is 8.31. The van der Waals surface area contributed by atoms with Crippen molar-refractivity contribution in [1.82, 2.24) is 0 Å². The van der Waals surface area contributed by atoms with Gasteiger partial charge in [-0.15, -0.1) is 0 Å². The van der Waals surface area contributed by atoms with Crippen molar-refractivity contribution < 1.29 is 9.84 Å². The molecule has 2 nitrogen and oxygen atoms in total. The van der Waals surface area contributed by atoms with E-state index in [9.17, 15) is 0 Å². The lowest BCUT2D eigenvalue weighted by atomic mass is 10.5. The Morgan fingerprint density at radius 2 is 2.71 bits per heavy atom. The van der Waals surface area contributed by atoms with Gasteiger partial charge in [0.2, 0.25) is 6.26 Å². The van der Waals surface area contributed by atoms with Crippen LogP contribution in [0.15, 0.2) is 17.9 Å². The minimum atomic E-state index is -0.0382. The summed E-state index contributed by atoms with van der Waals surface area (Å²) in [6, 6.07) is 0. The molecular weight excluding hydrogens is 92.1 g/mol. The Morgan fingerprint density at radius 1 is 1.86 bits per heavy atom. The summed E-state index contributed by atoms with van der Waals surface area (Å²) in [7, 11) is 0. The van der Waals surface area contributed by atoms with Crippen molar-refractivity contribution in [1.29, 1.82) is 0 Å². The van der Waals surface area contributed by atoms with Gasteiger partial charge in [-0.1, -0.05) is 0 Å². The van der Waals surface area contributed by atoms with Gasteiger partial charge < -0.3 is 5.11 Å². The predicted octanol–water partition coefficient (Wildman–Crippen LogP) is 0.210. The monoisotopic (exact) mass is 97.0 g/mol. The Labute approximate surface area is 41.7 Å². The summed E-state index contributed by atoms with van der Waals surface area (Å²) in [5.41, 5.74) is 0. The summed E-state index contributed by atoms with van der Waals surface area (Å²) in [4.78, 5) is 0. The molecule has 0 bridgehead atoms. The number of rotatable bonds is 1. The second kappa shape index (κ2) is 1.73. The zero-order valence-corrected chi connectivity index (χ0v) is 3.72. The quantitative estimate of drug-likeness (QED) is 0.474. The fourth-order valence-corrected chi connectivity index (χ4v) is 0.356. The van der Waals surface area contributed by atoms with E-state index in [4.69, 9.17) is 5.11 Å². The fourth-order valence-electron chi connectivity index (χ4n) is 0.356. The molecule has 1 aliphatic rings. The third kappa shape index (κ3) is 0.769. The predicted molar refractivity (Wildman–Crippen MR) is 24.1 cm³/mol. The van der Waals surface area contributed by atoms with E-state index in [0.717, 1.165) is 0 Å². The Morgan fingerprint density at radius 3 is 3.00 bits per heavy atom. The lowest BCUT2D eigenvalue weighted by molar-refractivity contribution is 0.231. The Bertz CT molecular complexity index is 113. The van der Waals surface area contributed by atoms with Crippen LogP contribution < -0.4 is 0 Å². The molecule has 0 atom stereocenters. The van der Waals surface area contributed by atoms with Crippen LogP contribution in [0.2, 0.25) is 0 Å². The molecule has 0 radical (unpaired) electrons. The van der Waals surface area contributed by atoms with Crippen LogP contribution >= 0.6 is 0 Å². The normalized spacial score (nSPS) is 15.3. The molecule has 0 amide bonds. The van der Waals surface area contributed by atoms with E-state index in [1.807, 2.05) is 0 Å². The third-order valence-corrected chi connectivity index (χ3v) is 0.683. The Kier molecular flexibility index (Phi) is 1.07. The summed E-state index contributed by atoms with van der Waals surface area (Å²) >= 11 is 0. The minimum Gasteiger partial charge on any atom is -0.374 e. The topological polar surface area (TPSA) is 29.5 Å². The first-order valence-corrected chi connectivity index (χ1v) is 1.99. The second-order valence-electron chi connectivity index (χ2n) is 1.18. The molecule has 0 saturated heterocycles. The first-order chi connectivity index (χ1) is 3.43. The van der Waals surface area contributed by atoms with Crippen LogP contribution in [0.4, 0.5) is 0 Å². The van der Waals surface area contributed by atoms with Crippen LogP contribution in [-0.4, -0.2) is 11.7 Å².